The first-order chi connectivity index (χ1) is 8.26. The van der Waals surface area contributed by atoms with Crippen molar-refractivity contribution in [3.8, 4) is 0 Å². The Labute approximate surface area is 101 Å². The lowest BCUT2D eigenvalue weighted by Gasteiger charge is -2.74. The maximum atomic E-state index is 11.6. The number of nitrogens with two attached hydrogens (primary N) is 2. The van der Waals surface area contributed by atoms with Crippen LogP contribution in [0.25, 0.3) is 0 Å². The van der Waals surface area contributed by atoms with Crippen molar-refractivity contribution in [2.24, 2.45) is 34.1 Å². The average molecular weight is 256 g/mol. The molecule has 3 aliphatic carbocycles. The number of carbonyl (C=O) groups is 4. The summed E-state index contributed by atoms with van der Waals surface area (Å²) in [5.74, 6) is -6.58. The number of amides is 2. The topological polar surface area (TPSA) is 150 Å². The smallest absolute Gasteiger partial charge is 0.310 e. The maximum Gasteiger partial charge on any atom is 0.310 e. The van der Waals surface area contributed by atoms with Gasteiger partial charge in [-0.3, -0.25) is 19.2 Å². The third kappa shape index (κ3) is 0.925. The van der Waals surface area contributed by atoms with Gasteiger partial charge in [0, 0.05) is 0 Å². The van der Waals surface area contributed by atoms with Crippen LogP contribution >= 0.6 is 0 Å². The molecular weight excluding hydrogens is 244 g/mol. The van der Waals surface area contributed by atoms with Crippen LogP contribution in [0.15, 0.2) is 0 Å². The molecule has 5 N–H and O–H groups in total. The van der Waals surface area contributed by atoms with Gasteiger partial charge in [0.25, 0.3) is 0 Å². The molecular formula is C10H12N2O6. The molecule has 0 aromatic heterocycles. The number of hydrogen-bond donors (Lipinski definition) is 3. The second-order valence-corrected chi connectivity index (χ2v) is 4.71. The fraction of sp³-hybridized carbons (Fsp3) is 0.600. The molecule has 18 heavy (non-hydrogen) atoms. The van der Waals surface area contributed by atoms with E-state index in [0.29, 0.717) is 0 Å². The zero-order valence-electron chi connectivity index (χ0n) is 9.50. The van der Waals surface area contributed by atoms with Gasteiger partial charge in [0.15, 0.2) is 0 Å². The minimum absolute atomic E-state index is 0.110. The van der Waals surface area contributed by atoms with Gasteiger partial charge in [-0.25, -0.2) is 0 Å². The second kappa shape index (κ2) is 3.21. The molecule has 0 spiro atoms. The van der Waals surface area contributed by atoms with E-state index in [2.05, 4.69) is 4.74 Å². The van der Waals surface area contributed by atoms with Gasteiger partial charge >= 0.3 is 11.9 Å². The van der Waals surface area contributed by atoms with E-state index < -0.39 is 46.4 Å². The van der Waals surface area contributed by atoms with E-state index in [1.165, 1.54) is 0 Å². The molecule has 2 atom stereocenters. The number of aliphatic carboxylic acids is 1. The van der Waals surface area contributed by atoms with E-state index in [1.807, 2.05) is 0 Å². The number of esters is 1. The molecule has 98 valence electrons. The Bertz CT molecular complexity index is 461. The van der Waals surface area contributed by atoms with E-state index in [1.54, 1.807) is 0 Å². The van der Waals surface area contributed by atoms with Crippen LogP contribution in [0.5, 0.6) is 0 Å². The van der Waals surface area contributed by atoms with Gasteiger partial charge in [-0.1, -0.05) is 0 Å². The number of rotatable bonds is 4. The van der Waals surface area contributed by atoms with Crippen molar-refractivity contribution in [1.29, 1.82) is 0 Å². The second-order valence-electron chi connectivity index (χ2n) is 4.71. The number of carbonyl (C=O) groups excluding carboxylic acids is 3. The lowest BCUT2D eigenvalue weighted by Crippen LogP contribution is -2.87. The summed E-state index contributed by atoms with van der Waals surface area (Å²) in [5.41, 5.74) is 7.26. The predicted octanol–water partition coefficient (Wildman–Crippen LogP) is -2.16. The molecule has 0 aromatic carbocycles. The van der Waals surface area contributed by atoms with E-state index >= 15 is 0 Å². The van der Waals surface area contributed by atoms with Crippen LogP contribution in [0.4, 0.5) is 0 Å². The molecule has 2 bridgehead atoms. The molecule has 0 radical (unpaired) electrons. The van der Waals surface area contributed by atoms with Crippen molar-refractivity contribution in [3.63, 3.8) is 0 Å². The molecule has 2 unspecified atom stereocenters. The summed E-state index contributed by atoms with van der Waals surface area (Å²) >= 11 is 0. The molecule has 8 nitrogen and oxygen atoms in total. The summed E-state index contributed by atoms with van der Waals surface area (Å²) in [4.78, 5) is 45.6. The van der Waals surface area contributed by atoms with Gasteiger partial charge in [0.1, 0.15) is 0 Å². The Morgan fingerprint density at radius 3 is 1.83 bits per heavy atom. The lowest BCUT2D eigenvalue weighted by molar-refractivity contribution is -0.293. The van der Waals surface area contributed by atoms with Gasteiger partial charge in [-0.15, -0.1) is 0 Å². The molecule has 3 rings (SSSR count). The van der Waals surface area contributed by atoms with Crippen LogP contribution in [0.3, 0.4) is 0 Å². The molecule has 3 aliphatic rings. The summed E-state index contributed by atoms with van der Waals surface area (Å²) in [6.07, 6.45) is -0.110. The van der Waals surface area contributed by atoms with Crippen molar-refractivity contribution < 1.29 is 29.0 Å². The SMILES string of the molecule is COC(=O)C1C2(C(N)=O)CC1(C(N)=O)C2C(=O)O. The van der Waals surface area contributed by atoms with Crippen LogP contribution in [0, 0.1) is 22.7 Å². The minimum atomic E-state index is -1.55. The van der Waals surface area contributed by atoms with E-state index in [0.717, 1.165) is 7.11 Å². The summed E-state index contributed by atoms with van der Waals surface area (Å²) in [6.45, 7) is 0. The molecule has 0 heterocycles. The zero-order chi connectivity index (χ0) is 13.9. The summed E-state index contributed by atoms with van der Waals surface area (Å²) in [7, 11) is 1.08. The molecule has 8 heteroatoms. The van der Waals surface area contributed by atoms with Gasteiger partial charge in [0.05, 0.1) is 29.8 Å². The largest absolute Gasteiger partial charge is 0.481 e. The van der Waals surface area contributed by atoms with Gasteiger partial charge in [-0.05, 0) is 6.42 Å². The lowest BCUT2D eigenvalue weighted by atomic mass is 9.23. The first-order valence-electron chi connectivity index (χ1n) is 5.17. The normalized spacial score (nSPS) is 40.1. The maximum absolute atomic E-state index is 11.6. The van der Waals surface area contributed by atoms with Crippen LogP contribution in [-0.2, 0) is 23.9 Å². The third-order valence-electron chi connectivity index (χ3n) is 4.25. The van der Waals surface area contributed by atoms with Crippen molar-refractivity contribution in [1.82, 2.24) is 0 Å². The summed E-state index contributed by atoms with van der Waals surface area (Å²) < 4.78 is 4.49. The Hall–Kier alpha value is -2.12. The first kappa shape index (κ1) is 12.3. The fourth-order valence-corrected chi connectivity index (χ4v) is 3.51. The Kier molecular flexibility index (Phi) is 2.20. The molecule has 3 fully saturated rings. The highest BCUT2D eigenvalue weighted by atomic mass is 16.5. The highest BCUT2D eigenvalue weighted by molar-refractivity contribution is 6.08. The number of hydrogen-bond acceptors (Lipinski definition) is 5. The van der Waals surface area contributed by atoms with E-state index in [4.69, 9.17) is 16.6 Å². The van der Waals surface area contributed by atoms with Gasteiger partial charge in [-0.2, -0.15) is 0 Å². The monoisotopic (exact) mass is 256 g/mol. The third-order valence-corrected chi connectivity index (χ3v) is 4.25. The van der Waals surface area contributed by atoms with Crippen LogP contribution in [-0.4, -0.2) is 36.0 Å². The van der Waals surface area contributed by atoms with E-state index in [9.17, 15) is 19.2 Å². The Morgan fingerprint density at radius 2 is 1.56 bits per heavy atom. The summed E-state index contributed by atoms with van der Waals surface area (Å²) in [5, 5.41) is 9.07. The van der Waals surface area contributed by atoms with Crippen molar-refractivity contribution >= 4 is 23.8 Å². The highest BCUT2D eigenvalue weighted by Crippen LogP contribution is 2.80. The Morgan fingerprint density at radius 1 is 1.11 bits per heavy atom. The molecule has 3 saturated carbocycles. The van der Waals surface area contributed by atoms with Crippen molar-refractivity contribution in [2.75, 3.05) is 7.11 Å². The van der Waals surface area contributed by atoms with E-state index in [-0.39, 0.29) is 6.42 Å². The predicted molar refractivity (Wildman–Crippen MR) is 54.5 cm³/mol. The number of methoxy groups -OCH3 is 1. The number of carboxylic acid groups (broad SMARTS) is 1. The molecule has 0 saturated heterocycles. The average Bonchev–Trinajstić information content (AvgIpc) is 2.12. The molecule has 2 amide bonds. The summed E-state index contributed by atoms with van der Waals surface area (Å²) in [6, 6.07) is 0. The standard InChI is InChI=1S/C10H12N2O6/c1-18-6(15)4-9(7(11)16)2-10(4,8(12)17)3(9)5(13)14/h3-4H,2H2,1H3,(H2,11,16)(H2,12,17)(H,13,14). The first-order valence-corrected chi connectivity index (χ1v) is 5.17. The number of carboxylic acids is 1. The number of ether oxygens (including phenoxy) is 1. The molecule has 0 aromatic rings. The van der Waals surface area contributed by atoms with Crippen molar-refractivity contribution in [2.45, 2.75) is 6.42 Å². The van der Waals surface area contributed by atoms with Crippen molar-refractivity contribution in [3.05, 3.63) is 0 Å². The Balaban J connectivity index is 2.49. The zero-order valence-corrected chi connectivity index (χ0v) is 9.50. The quantitative estimate of drug-likeness (QED) is 0.487. The highest BCUT2D eigenvalue weighted by Gasteiger charge is 2.92. The minimum Gasteiger partial charge on any atom is -0.481 e. The van der Waals surface area contributed by atoms with Gasteiger partial charge < -0.3 is 21.3 Å². The fourth-order valence-electron chi connectivity index (χ4n) is 3.51. The van der Waals surface area contributed by atoms with Crippen LogP contribution in [0.2, 0.25) is 0 Å². The number of primary amides is 2. The van der Waals surface area contributed by atoms with Gasteiger partial charge in [0.2, 0.25) is 11.8 Å². The van der Waals surface area contributed by atoms with Crippen LogP contribution in [0.1, 0.15) is 6.42 Å². The molecule has 0 aliphatic heterocycles. The van der Waals surface area contributed by atoms with Crippen LogP contribution < -0.4 is 11.5 Å².